The molecule has 0 saturated heterocycles. The minimum atomic E-state index is -0.851. The van der Waals surface area contributed by atoms with Crippen LogP contribution in [0.25, 0.3) is 11.5 Å². The lowest BCUT2D eigenvalue weighted by atomic mass is 9.96. The van der Waals surface area contributed by atoms with Crippen LogP contribution in [-0.2, 0) is 11.2 Å². The van der Waals surface area contributed by atoms with Crippen molar-refractivity contribution in [2.75, 3.05) is 12.4 Å². The lowest BCUT2D eigenvalue weighted by molar-refractivity contribution is -0.119. The molecule has 0 unspecified atom stereocenters. The van der Waals surface area contributed by atoms with E-state index in [-0.39, 0.29) is 18.2 Å². The van der Waals surface area contributed by atoms with Crippen molar-refractivity contribution in [3.8, 4) is 17.2 Å². The Morgan fingerprint density at radius 2 is 1.72 bits per heavy atom. The second-order valence-corrected chi connectivity index (χ2v) is 7.34. The topological polar surface area (TPSA) is 89.6 Å². The summed E-state index contributed by atoms with van der Waals surface area (Å²) in [6.07, 6.45) is -0.596. The molecule has 0 aliphatic carbocycles. The van der Waals surface area contributed by atoms with E-state index in [9.17, 15) is 4.79 Å². The van der Waals surface area contributed by atoms with E-state index in [0.717, 1.165) is 28.0 Å². The second-order valence-electron chi connectivity index (χ2n) is 7.34. The third-order valence-corrected chi connectivity index (χ3v) is 5.25. The van der Waals surface area contributed by atoms with E-state index in [1.54, 1.807) is 13.2 Å². The van der Waals surface area contributed by atoms with Gasteiger partial charge >= 0.3 is 6.01 Å². The predicted octanol–water partition coefficient (Wildman–Crippen LogP) is 4.15. The number of nitrogens with zero attached hydrogens (tertiary/aromatic N) is 3. The van der Waals surface area contributed by atoms with Crippen LogP contribution in [0, 0.1) is 0 Å². The van der Waals surface area contributed by atoms with Gasteiger partial charge in [-0.3, -0.25) is 9.79 Å². The summed E-state index contributed by atoms with van der Waals surface area (Å²) in [7, 11) is 1.60. The van der Waals surface area contributed by atoms with Gasteiger partial charge in [0.1, 0.15) is 5.75 Å². The van der Waals surface area contributed by atoms with Crippen LogP contribution < -0.4 is 10.1 Å². The molecule has 1 aliphatic rings. The lowest BCUT2D eigenvalue weighted by Crippen LogP contribution is -2.29. The summed E-state index contributed by atoms with van der Waals surface area (Å²) in [5.41, 5.74) is 4.28. The van der Waals surface area contributed by atoms with Crippen molar-refractivity contribution in [1.82, 2.24) is 10.2 Å². The monoisotopic (exact) mass is 424 g/mol. The van der Waals surface area contributed by atoms with Crippen molar-refractivity contribution in [2.24, 2.45) is 4.99 Å². The molecule has 0 saturated carbocycles. The van der Waals surface area contributed by atoms with Crippen LogP contribution in [-0.4, -0.2) is 35.0 Å². The number of anilines is 1. The molecule has 0 fully saturated rings. The first-order chi connectivity index (χ1) is 15.7. The Kier molecular flexibility index (Phi) is 5.21. The maximum Gasteiger partial charge on any atom is 0.317 e. The summed E-state index contributed by atoms with van der Waals surface area (Å²) in [4.78, 5) is 17.8. The summed E-state index contributed by atoms with van der Waals surface area (Å²) in [5.74, 6) is 0.927. The normalized spacial score (nSPS) is 15.5. The first-order valence-corrected chi connectivity index (χ1v) is 10.2. The fourth-order valence-corrected chi connectivity index (χ4v) is 3.67. The number of fused-ring (bicyclic) bond motifs is 1. The van der Waals surface area contributed by atoms with Gasteiger partial charge in [-0.15, -0.1) is 5.10 Å². The number of methoxy groups -OCH3 is 1. The van der Waals surface area contributed by atoms with Crippen LogP contribution in [0.5, 0.6) is 5.75 Å². The molecule has 7 nitrogen and oxygen atoms in total. The molecule has 1 aromatic heterocycles. The Labute approximate surface area is 184 Å². The molecule has 0 radical (unpaired) electrons. The fraction of sp³-hybridized carbons (Fsp3) is 0.120. The highest BCUT2D eigenvalue weighted by molar-refractivity contribution is 6.16. The van der Waals surface area contributed by atoms with Gasteiger partial charge in [-0.2, -0.15) is 0 Å². The average molecular weight is 424 g/mol. The third-order valence-electron chi connectivity index (χ3n) is 5.25. The van der Waals surface area contributed by atoms with Gasteiger partial charge in [0.05, 0.1) is 12.8 Å². The average Bonchev–Trinajstić information content (AvgIpc) is 3.26. The largest absolute Gasteiger partial charge is 0.497 e. The minimum Gasteiger partial charge on any atom is -0.497 e. The Morgan fingerprint density at radius 3 is 2.56 bits per heavy atom. The molecule has 1 aliphatic heterocycles. The van der Waals surface area contributed by atoms with Gasteiger partial charge in [-0.05, 0) is 23.8 Å². The number of aromatic nitrogens is 2. The molecule has 1 N–H and O–H groups in total. The number of aliphatic imine (C=N–C) groups is 1. The van der Waals surface area contributed by atoms with Crippen LogP contribution in [0.4, 0.5) is 6.01 Å². The van der Waals surface area contributed by atoms with Gasteiger partial charge in [0, 0.05) is 23.1 Å². The van der Waals surface area contributed by atoms with Crippen molar-refractivity contribution in [3.05, 3.63) is 95.6 Å². The molecule has 2 heterocycles. The van der Waals surface area contributed by atoms with Gasteiger partial charge in [-0.1, -0.05) is 65.8 Å². The van der Waals surface area contributed by atoms with Gasteiger partial charge in [0.25, 0.3) is 0 Å². The molecule has 4 aromatic rings. The van der Waals surface area contributed by atoms with Crippen LogP contribution in [0.3, 0.4) is 0 Å². The highest BCUT2D eigenvalue weighted by Crippen LogP contribution is 2.26. The maximum absolute atomic E-state index is 13.0. The summed E-state index contributed by atoms with van der Waals surface area (Å²) < 4.78 is 11.0. The number of nitrogens with one attached hydrogen (secondary N) is 1. The number of hydrogen-bond donors (Lipinski definition) is 1. The van der Waals surface area contributed by atoms with E-state index in [4.69, 9.17) is 14.1 Å². The molecular formula is C25H20N4O3. The van der Waals surface area contributed by atoms with E-state index in [0.29, 0.717) is 11.6 Å². The number of rotatable bonds is 5. The van der Waals surface area contributed by atoms with Crippen molar-refractivity contribution in [1.29, 1.82) is 0 Å². The number of carbonyl (C=O) groups excluding carboxylic acids is 1. The molecule has 7 heteroatoms. The predicted molar refractivity (Wildman–Crippen MR) is 121 cm³/mol. The zero-order valence-electron chi connectivity index (χ0n) is 17.4. The molecule has 0 bridgehead atoms. The fourth-order valence-electron chi connectivity index (χ4n) is 3.67. The van der Waals surface area contributed by atoms with Crippen LogP contribution >= 0.6 is 0 Å². The smallest absolute Gasteiger partial charge is 0.317 e. The number of carbonyl (C=O) groups is 1. The van der Waals surface area contributed by atoms with Crippen LogP contribution in [0.15, 0.2) is 88.3 Å². The van der Waals surface area contributed by atoms with Crippen molar-refractivity contribution in [3.63, 3.8) is 0 Å². The van der Waals surface area contributed by atoms with Gasteiger partial charge in [-0.25, -0.2) is 0 Å². The number of ether oxygens (including phenoxy) is 1. The minimum absolute atomic E-state index is 0.0792. The molecule has 158 valence electrons. The Balaban J connectivity index is 1.48. The van der Waals surface area contributed by atoms with Crippen molar-refractivity contribution in [2.45, 2.75) is 12.6 Å². The summed E-state index contributed by atoms with van der Waals surface area (Å²) in [6, 6.07) is 25.1. The Hall–Kier alpha value is -4.26. The zero-order valence-corrected chi connectivity index (χ0v) is 17.4. The van der Waals surface area contributed by atoms with Crippen molar-refractivity contribution < 1.29 is 13.9 Å². The van der Waals surface area contributed by atoms with E-state index in [1.165, 1.54) is 0 Å². The summed E-state index contributed by atoms with van der Waals surface area (Å²) in [5, 5.41) is 11.2. The maximum atomic E-state index is 13.0. The zero-order chi connectivity index (χ0) is 21.9. The first kappa shape index (κ1) is 19.7. The molecule has 0 spiro atoms. The van der Waals surface area contributed by atoms with E-state index < -0.39 is 6.17 Å². The number of hydrogen-bond acceptors (Lipinski definition) is 7. The van der Waals surface area contributed by atoms with Gasteiger partial charge in [0.15, 0.2) is 11.9 Å². The van der Waals surface area contributed by atoms with E-state index >= 15 is 0 Å². The SMILES string of the molecule is COc1cccc(-c2nnc(N[C@H]3N=C(c4ccccc4)c4ccccc4CC3=O)o2)c1. The number of Topliss-reactive ketones (excluding diaryl/α,β-unsaturated/α-hetero) is 1. The third kappa shape index (κ3) is 3.88. The summed E-state index contributed by atoms with van der Waals surface area (Å²) in [6.45, 7) is 0. The summed E-state index contributed by atoms with van der Waals surface area (Å²) >= 11 is 0. The number of ketones is 1. The standard InChI is InChI=1S/C25H20N4O3/c1-31-19-12-7-11-18(14-19)24-28-29-25(32-24)27-23-21(30)15-17-10-5-6-13-20(17)22(26-23)16-8-3-2-4-9-16/h2-14,23H,15H2,1H3,(H,27,29)/t23-/m1/s1. The number of benzene rings is 3. The van der Waals surface area contributed by atoms with Crippen LogP contribution in [0.2, 0.25) is 0 Å². The van der Waals surface area contributed by atoms with Gasteiger partial charge < -0.3 is 14.5 Å². The Morgan fingerprint density at radius 1 is 0.938 bits per heavy atom. The molecule has 3 aromatic carbocycles. The van der Waals surface area contributed by atoms with E-state index in [1.807, 2.05) is 72.8 Å². The molecular weight excluding hydrogens is 404 g/mol. The van der Waals surface area contributed by atoms with E-state index in [2.05, 4.69) is 15.5 Å². The van der Waals surface area contributed by atoms with Gasteiger partial charge in [0.2, 0.25) is 5.89 Å². The quantitative estimate of drug-likeness (QED) is 0.518. The highest BCUT2D eigenvalue weighted by Gasteiger charge is 2.27. The molecule has 32 heavy (non-hydrogen) atoms. The molecule has 1 atom stereocenters. The van der Waals surface area contributed by atoms with Crippen molar-refractivity contribution >= 4 is 17.5 Å². The van der Waals surface area contributed by atoms with Crippen LogP contribution in [0.1, 0.15) is 16.7 Å². The highest BCUT2D eigenvalue weighted by atomic mass is 16.5. The molecule has 0 amide bonds. The first-order valence-electron chi connectivity index (χ1n) is 10.2. The lowest BCUT2D eigenvalue weighted by Gasteiger charge is -2.11. The second kappa shape index (κ2) is 8.47. The Bertz CT molecular complexity index is 1300. The molecule has 5 rings (SSSR count).